The van der Waals surface area contributed by atoms with Crippen molar-refractivity contribution in [1.29, 1.82) is 0 Å². The number of hydrogen-bond acceptors (Lipinski definition) is 4. The lowest BCUT2D eigenvalue weighted by molar-refractivity contribution is -0.128. The van der Waals surface area contributed by atoms with Crippen LogP contribution in [0.3, 0.4) is 0 Å². The van der Waals surface area contributed by atoms with E-state index in [4.69, 9.17) is 10.5 Å². The van der Waals surface area contributed by atoms with Gasteiger partial charge in [-0.1, -0.05) is 0 Å². The van der Waals surface area contributed by atoms with E-state index >= 15 is 0 Å². The van der Waals surface area contributed by atoms with Crippen molar-refractivity contribution in [3.63, 3.8) is 0 Å². The summed E-state index contributed by atoms with van der Waals surface area (Å²) in [7, 11) is 1.74. The van der Waals surface area contributed by atoms with Gasteiger partial charge >= 0.3 is 0 Å². The van der Waals surface area contributed by atoms with Gasteiger partial charge in [0.25, 0.3) is 0 Å². The van der Waals surface area contributed by atoms with Crippen molar-refractivity contribution >= 4 is 5.91 Å². The fourth-order valence-corrected chi connectivity index (χ4v) is 2.42. The Bertz CT molecular complexity index is 241. The molecule has 2 rings (SSSR count). The SMILES string of the molecule is COC1CC(N2CCNCC2C(N)=O)C1. The molecular weight excluding hydrogens is 194 g/mol. The van der Waals surface area contributed by atoms with Crippen LogP contribution >= 0.6 is 0 Å². The first-order valence-electron chi connectivity index (χ1n) is 5.51. The van der Waals surface area contributed by atoms with Crippen molar-refractivity contribution in [2.24, 2.45) is 5.73 Å². The first-order chi connectivity index (χ1) is 7.22. The molecule has 1 atom stereocenters. The first-order valence-corrected chi connectivity index (χ1v) is 5.51. The molecule has 15 heavy (non-hydrogen) atoms. The Labute approximate surface area is 89.9 Å². The highest BCUT2D eigenvalue weighted by Crippen LogP contribution is 2.29. The summed E-state index contributed by atoms with van der Waals surface area (Å²) >= 11 is 0. The molecule has 2 aliphatic rings. The normalized spacial score (nSPS) is 37.3. The van der Waals surface area contributed by atoms with Crippen LogP contribution in [0.15, 0.2) is 0 Å². The van der Waals surface area contributed by atoms with Gasteiger partial charge in [-0.3, -0.25) is 9.69 Å². The lowest BCUT2D eigenvalue weighted by Gasteiger charge is -2.46. The lowest BCUT2D eigenvalue weighted by Crippen LogP contribution is -2.63. The number of carbonyl (C=O) groups excluding carboxylic acids is 1. The highest BCUT2D eigenvalue weighted by Gasteiger charge is 2.39. The molecule has 5 nitrogen and oxygen atoms in total. The number of nitrogens with two attached hydrogens (primary N) is 1. The van der Waals surface area contributed by atoms with Gasteiger partial charge in [0.2, 0.25) is 5.91 Å². The van der Waals surface area contributed by atoms with E-state index in [0.717, 1.165) is 25.9 Å². The van der Waals surface area contributed by atoms with Gasteiger partial charge in [-0.25, -0.2) is 0 Å². The summed E-state index contributed by atoms with van der Waals surface area (Å²) in [4.78, 5) is 13.5. The van der Waals surface area contributed by atoms with Crippen LogP contribution in [-0.4, -0.2) is 55.7 Å². The van der Waals surface area contributed by atoms with E-state index in [2.05, 4.69) is 10.2 Å². The monoisotopic (exact) mass is 213 g/mol. The van der Waals surface area contributed by atoms with Gasteiger partial charge in [0.05, 0.1) is 6.10 Å². The Kier molecular flexibility index (Phi) is 3.23. The van der Waals surface area contributed by atoms with E-state index in [1.54, 1.807) is 7.11 Å². The van der Waals surface area contributed by atoms with Crippen molar-refractivity contribution < 1.29 is 9.53 Å². The minimum atomic E-state index is -0.219. The molecule has 1 saturated carbocycles. The maximum Gasteiger partial charge on any atom is 0.236 e. The van der Waals surface area contributed by atoms with E-state index in [-0.39, 0.29) is 11.9 Å². The molecule has 0 spiro atoms. The average Bonchev–Trinajstić information content (AvgIpc) is 2.16. The molecule has 2 fully saturated rings. The molecule has 0 aromatic rings. The van der Waals surface area contributed by atoms with Gasteiger partial charge in [-0.15, -0.1) is 0 Å². The van der Waals surface area contributed by atoms with Crippen molar-refractivity contribution in [3.8, 4) is 0 Å². The fourth-order valence-electron chi connectivity index (χ4n) is 2.42. The number of carbonyl (C=O) groups is 1. The van der Waals surface area contributed by atoms with Gasteiger partial charge in [0.15, 0.2) is 0 Å². The molecule has 0 bridgehead atoms. The van der Waals surface area contributed by atoms with E-state index < -0.39 is 0 Å². The number of ether oxygens (including phenoxy) is 1. The predicted molar refractivity (Wildman–Crippen MR) is 56.4 cm³/mol. The molecule has 0 aromatic heterocycles. The smallest absolute Gasteiger partial charge is 0.236 e. The molecule has 1 saturated heterocycles. The van der Waals surface area contributed by atoms with Crippen LogP contribution in [0.2, 0.25) is 0 Å². The molecule has 1 aliphatic carbocycles. The van der Waals surface area contributed by atoms with Crippen molar-refractivity contribution in [3.05, 3.63) is 0 Å². The Morgan fingerprint density at radius 2 is 2.27 bits per heavy atom. The third kappa shape index (κ3) is 2.14. The largest absolute Gasteiger partial charge is 0.381 e. The number of methoxy groups -OCH3 is 1. The van der Waals surface area contributed by atoms with Crippen LogP contribution in [-0.2, 0) is 9.53 Å². The number of primary amides is 1. The number of piperazine rings is 1. The summed E-state index contributed by atoms with van der Waals surface area (Å²) in [6.07, 6.45) is 2.43. The predicted octanol–water partition coefficient (Wildman–Crippen LogP) is -1.08. The number of nitrogens with zero attached hydrogens (tertiary/aromatic N) is 1. The first kappa shape index (κ1) is 10.9. The summed E-state index contributed by atoms with van der Waals surface area (Å²) in [5, 5.41) is 3.20. The second-order valence-corrected chi connectivity index (χ2v) is 4.34. The van der Waals surface area contributed by atoms with Crippen LogP contribution in [0.1, 0.15) is 12.8 Å². The number of nitrogens with one attached hydrogen (secondary N) is 1. The molecule has 3 N–H and O–H groups in total. The molecule has 1 unspecified atom stereocenters. The van der Waals surface area contributed by atoms with Gasteiger partial charge in [-0.05, 0) is 12.8 Å². The summed E-state index contributed by atoms with van der Waals surface area (Å²) in [5.74, 6) is -0.219. The Balaban J connectivity index is 1.91. The summed E-state index contributed by atoms with van der Waals surface area (Å²) < 4.78 is 5.24. The van der Waals surface area contributed by atoms with Crippen molar-refractivity contribution in [2.75, 3.05) is 26.7 Å². The maximum atomic E-state index is 11.3. The molecule has 1 amide bonds. The highest BCUT2D eigenvalue weighted by atomic mass is 16.5. The van der Waals surface area contributed by atoms with Crippen LogP contribution < -0.4 is 11.1 Å². The summed E-state index contributed by atoms with van der Waals surface area (Å²) in [6.45, 7) is 2.54. The minimum Gasteiger partial charge on any atom is -0.381 e. The van der Waals surface area contributed by atoms with E-state index in [9.17, 15) is 4.79 Å². The molecular formula is C10H19N3O2. The quantitative estimate of drug-likeness (QED) is 0.626. The third-order valence-electron chi connectivity index (χ3n) is 3.49. The summed E-state index contributed by atoms with van der Waals surface area (Å²) in [6, 6.07) is 0.344. The zero-order valence-electron chi connectivity index (χ0n) is 9.11. The summed E-state index contributed by atoms with van der Waals surface area (Å²) in [5.41, 5.74) is 5.39. The van der Waals surface area contributed by atoms with Crippen LogP contribution in [0.25, 0.3) is 0 Å². The van der Waals surface area contributed by atoms with Crippen molar-refractivity contribution in [1.82, 2.24) is 10.2 Å². The van der Waals surface area contributed by atoms with E-state index in [1.807, 2.05) is 0 Å². The maximum absolute atomic E-state index is 11.3. The molecule has 5 heteroatoms. The Morgan fingerprint density at radius 3 is 2.87 bits per heavy atom. The van der Waals surface area contributed by atoms with Gasteiger partial charge in [0.1, 0.15) is 6.04 Å². The van der Waals surface area contributed by atoms with E-state index in [0.29, 0.717) is 18.7 Å². The number of rotatable bonds is 3. The second kappa shape index (κ2) is 4.47. The van der Waals surface area contributed by atoms with Crippen LogP contribution in [0, 0.1) is 0 Å². The minimum absolute atomic E-state index is 0.137. The molecule has 1 aliphatic heterocycles. The molecule has 86 valence electrons. The third-order valence-corrected chi connectivity index (χ3v) is 3.49. The zero-order valence-corrected chi connectivity index (χ0v) is 9.11. The highest BCUT2D eigenvalue weighted by molar-refractivity contribution is 5.80. The van der Waals surface area contributed by atoms with Gasteiger partial charge < -0.3 is 15.8 Å². The van der Waals surface area contributed by atoms with Crippen LogP contribution in [0.4, 0.5) is 0 Å². The number of amides is 1. The molecule has 0 radical (unpaired) electrons. The van der Waals surface area contributed by atoms with Crippen LogP contribution in [0.5, 0.6) is 0 Å². The zero-order chi connectivity index (χ0) is 10.8. The van der Waals surface area contributed by atoms with Crippen molar-refractivity contribution in [2.45, 2.75) is 31.0 Å². The lowest BCUT2D eigenvalue weighted by atomic mass is 9.86. The Morgan fingerprint density at radius 1 is 1.53 bits per heavy atom. The fraction of sp³-hybridized carbons (Fsp3) is 0.900. The average molecular weight is 213 g/mol. The second-order valence-electron chi connectivity index (χ2n) is 4.34. The topological polar surface area (TPSA) is 67.6 Å². The number of hydrogen-bond donors (Lipinski definition) is 2. The molecule has 1 heterocycles. The standard InChI is InChI=1S/C10H19N3O2/c1-15-8-4-7(5-8)13-3-2-12-6-9(13)10(11)14/h7-9,12H,2-6H2,1H3,(H2,11,14). The van der Waals surface area contributed by atoms with Gasteiger partial charge in [0, 0.05) is 32.8 Å². The Hall–Kier alpha value is -0.650. The van der Waals surface area contributed by atoms with E-state index in [1.165, 1.54) is 0 Å². The molecule has 0 aromatic carbocycles. The van der Waals surface area contributed by atoms with Gasteiger partial charge in [-0.2, -0.15) is 0 Å².